The fourth-order valence-electron chi connectivity index (χ4n) is 4.79. The van der Waals surface area contributed by atoms with Gasteiger partial charge < -0.3 is 19.5 Å². The number of likely N-dealkylation sites (tertiary alicyclic amines) is 1. The van der Waals surface area contributed by atoms with E-state index in [4.69, 9.17) is 25.6 Å². The molecule has 4 atom stereocenters. The molecular weight excluding hydrogens is 294 g/mol. The molecule has 1 N–H and O–H groups in total. The average Bonchev–Trinajstić information content (AvgIpc) is 3.04. The predicted molar refractivity (Wildman–Crippen MR) is 83.0 cm³/mol. The van der Waals surface area contributed by atoms with Crippen molar-refractivity contribution in [1.29, 1.82) is 1.43 Å². The molecule has 1 spiro atoms. The molecule has 2 heterocycles. The first-order chi connectivity index (χ1) is 14.7. The molecule has 1 saturated carbocycles. The number of likely N-dealkylation sites (N-methyl/N-ethyl adjacent to an activating group) is 1. The number of piperidine rings is 1. The number of Topliss-reactive ketones (excluding diaryl/α,β-unsaturated/α-hetero) is 1. The number of aliphatic hydroxyl groups is 1. The normalized spacial score (nSPS) is 52.1. The molecule has 0 radical (unpaired) electrons. The van der Waals surface area contributed by atoms with E-state index in [2.05, 4.69) is 0 Å². The molecule has 23 heavy (non-hydrogen) atoms. The van der Waals surface area contributed by atoms with E-state index in [0.29, 0.717) is 0 Å². The molecule has 5 rings (SSSR count). The Morgan fingerprint density at radius 1 is 1.65 bits per heavy atom. The summed E-state index contributed by atoms with van der Waals surface area (Å²) in [6.07, 6.45) is -3.99. The molecule has 1 aromatic rings. The lowest BCUT2D eigenvalue weighted by atomic mass is 9.49. The predicted octanol–water partition coefficient (Wildman–Crippen LogP) is 1.05. The van der Waals surface area contributed by atoms with E-state index in [9.17, 15) is 6.17 Å². The van der Waals surface area contributed by atoms with Crippen LogP contribution >= 0.6 is 0 Å². The molecule has 5 heteroatoms. The number of hydrogen-bond donors (Lipinski definition) is 1. The number of ketones is 1. The minimum atomic E-state index is -2.99. The van der Waals surface area contributed by atoms with Gasteiger partial charge in [0.1, 0.15) is 0 Å². The highest BCUT2D eigenvalue weighted by Crippen LogP contribution is 2.64. The van der Waals surface area contributed by atoms with Crippen molar-refractivity contribution in [2.24, 2.45) is 0 Å². The standard InChI is InChI=1S/C18H21NO4/c1-19-8-7-17-14-10-3-4-12(22-2)15(14)23-16(17)11(20)5-6-18(17,21)13(19)9-10/h3-4,13,16,21H,5-9H2,1-2H3/t13-,16?,17+,18-/m1/s1/i2D3,3D,4D,9D2,13D,21D. The van der Waals surface area contributed by atoms with Gasteiger partial charge in [-0.05, 0) is 44.4 Å². The summed E-state index contributed by atoms with van der Waals surface area (Å²) in [4.78, 5) is 14.5. The maximum absolute atomic E-state index is 13.0. The zero-order chi connectivity index (χ0) is 23.6. The van der Waals surface area contributed by atoms with Crippen molar-refractivity contribution in [2.45, 2.75) is 48.8 Å². The van der Waals surface area contributed by atoms with Crippen LogP contribution in [0.5, 0.6) is 11.5 Å². The van der Waals surface area contributed by atoms with Crippen LogP contribution in [0.15, 0.2) is 12.1 Å². The molecule has 0 aromatic heterocycles. The lowest BCUT2D eigenvalue weighted by Crippen LogP contribution is -2.76. The zero-order valence-electron chi connectivity index (χ0n) is 21.5. The maximum Gasteiger partial charge on any atom is 0.211 e. The molecule has 122 valence electrons. The van der Waals surface area contributed by atoms with Gasteiger partial charge in [0, 0.05) is 20.7 Å². The van der Waals surface area contributed by atoms with Gasteiger partial charge in [-0.3, -0.25) is 4.79 Å². The van der Waals surface area contributed by atoms with E-state index < -0.39 is 54.4 Å². The average molecular weight is 324 g/mol. The summed E-state index contributed by atoms with van der Waals surface area (Å²) >= 11 is 0. The molecule has 0 amide bonds. The first-order valence-electron chi connectivity index (χ1n) is 12.0. The van der Waals surface area contributed by atoms with Crippen molar-refractivity contribution in [3.8, 4) is 11.5 Å². The van der Waals surface area contributed by atoms with Gasteiger partial charge in [-0.15, -0.1) is 0 Å². The van der Waals surface area contributed by atoms with E-state index >= 15 is 0 Å². The number of nitrogens with zero attached hydrogens (tertiary/aromatic N) is 1. The topological polar surface area (TPSA) is 59.0 Å². The van der Waals surface area contributed by atoms with Crippen LogP contribution in [0.1, 0.15) is 41.4 Å². The van der Waals surface area contributed by atoms with Crippen molar-refractivity contribution in [3.63, 3.8) is 0 Å². The number of rotatable bonds is 2. The van der Waals surface area contributed by atoms with E-state index in [1.165, 1.54) is 11.9 Å². The second-order valence-corrected chi connectivity index (χ2v) is 6.67. The lowest BCUT2D eigenvalue weighted by molar-refractivity contribution is -0.185. The number of carbonyl (C=O) groups is 1. The van der Waals surface area contributed by atoms with Crippen LogP contribution in [0.2, 0.25) is 0 Å². The minimum absolute atomic E-state index is 0.0176. The van der Waals surface area contributed by atoms with Crippen LogP contribution in [0, 0.1) is 0 Å². The summed E-state index contributed by atoms with van der Waals surface area (Å²) in [6, 6.07) is -3.56. The molecular formula is C18H21NO4. The molecule has 1 saturated heterocycles. The van der Waals surface area contributed by atoms with Gasteiger partial charge in [0.05, 0.1) is 26.3 Å². The van der Waals surface area contributed by atoms with E-state index in [-0.39, 0.29) is 48.5 Å². The fraction of sp³-hybridized carbons (Fsp3) is 0.611. The van der Waals surface area contributed by atoms with Gasteiger partial charge in [-0.25, -0.2) is 0 Å². The SMILES string of the molecule is [2H]O[C@@]12CCC(=O)C3Oc4c(OC([2H])([2H])[2H])c([2H])c([2H])c5c4[C@@]31CCN(C)[C@]2([2H])C5([2H])[2H]. The smallest absolute Gasteiger partial charge is 0.211 e. The number of hydrogen-bond acceptors (Lipinski definition) is 5. The zero-order valence-corrected chi connectivity index (χ0v) is 12.5. The van der Waals surface area contributed by atoms with Gasteiger partial charge in [-0.2, -0.15) is 0 Å². The van der Waals surface area contributed by atoms with E-state index in [1.807, 2.05) is 0 Å². The Labute approximate surface area is 147 Å². The Morgan fingerprint density at radius 2 is 2.57 bits per heavy atom. The largest absolute Gasteiger partial charge is 0.493 e. The van der Waals surface area contributed by atoms with Crippen LogP contribution in [0.4, 0.5) is 0 Å². The monoisotopic (exact) mass is 324 g/mol. The Hall–Kier alpha value is -1.59. The quantitative estimate of drug-likeness (QED) is 0.881. The van der Waals surface area contributed by atoms with Gasteiger partial charge in [0.2, 0.25) is 1.43 Å². The summed E-state index contributed by atoms with van der Waals surface area (Å²) in [5.74, 6) is -1.21. The van der Waals surface area contributed by atoms with Crippen LogP contribution in [0.25, 0.3) is 0 Å². The molecule has 4 aliphatic rings. The summed E-state index contributed by atoms with van der Waals surface area (Å²) in [5, 5.41) is 5.26. The Bertz CT molecular complexity index is 1060. The van der Waals surface area contributed by atoms with Gasteiger partial charge in [-0.1, -0.05) is 6.04 Å². The maximum atomic E-state index is 13.0. The molecule has 1 unspecified atom stereocenters. The Morgan fingerprint density at radius 3 is 3.39 bits per heavy atom. The number of methoxy groups -OCH3 is 1. The third-order valence-corrected chi connectivity index (χ3v) is 5.80. The summed E-state index contributed by atoms with van der Waals surface area (Å²) < 4.78 is 85.7. The summed E-state index contributed by atoms with van der Waals surface area (Å²) in [6.45, 7) is 0.172. The van der Waals surface area contributed by atoms with Crippen LogP contribution in [-0.4, -0.2) is 55.6 Å². The molecule has 1 aromatic carbocycles. The van der Waals surface area contributed by atoms with Crippen molar-refractivity contribution < 1.29 is 30.3 Å². The first kappa shape index (κ1) is 7.53. The van der Waals surface area contributed by atoms with Gasteiger partial charge >= 0.3 is 0 Å². The third kappa shape index (κ3) is 1.32. The first-order valence-corrected chi connectivity index (χ1v) is 7.63. The van der Waals surface area contributed by atoms with Crippen LogP contribution in [-0.2, 0) is 16.6 Å². The highest BCUT2D eigenvalue weighted by atomic mass is 16.5. The third-order valence-electron chi connectivity index (χ3n) is 5.80. The number of ether oxygens (including phenoxy) is 2. The highest BCUT2D eigenvalue weighted by Gasteiger charge is 2.72. The Kier molecular flexibility index (Phi) is 1.34. The lowest BCUT2D eigenvalue weighted by Gasteiger charge is -2.62. The summed E-state index contributed by atoms with van der Waals surface area (Å²) in [5.41, 5.74) is -3.64. The summed E-state index contributed by atoms with van der Waals surface area (Å²) in [7, 11) is -1.46. The molecule has 2 bridgehead atoms. The molecule has 5 nitrogen and oxygen atoms in total. The highest BCUT2D eigenvalue weighted by molar-refractivity contribution is 5.90. The Balaban J connectivity index is 1.98. The van der Waals surface area contributed by atoms with Crippen LogP contribution in [0.3, 0.4) is 0 Å². The van der Waals surface area contributed by atoms with E-state index in [0.717, 1.165) is 0 Å². The number of benzene rings is 1. The molecule has 2 aliphatic carbocycles. The van der Waals surface area contributed by atoms with Gasteiger partial charge in [0.25, 0.3) is 0 Å². The second kappa shape index (κ2) is 4.08. The van der Waals surface area contributed by atoms with Crippen molar-refractivity contribution in [3.05, 3.63) is 23.2 Å². The fourth-order valence-corrected chi connectivity index (χ4v) is 4.79. The molecule has 2 fully saturated rings. The van der Waals surface area contributed by atoms with Crippen molar-refractivity contribution in [1.82, 2.24) is 4.90 Å². The minimum Gasteiger partial charge on any atom is -0.493 e. The van der Waals surface area contributed by atoms with Gasteiger partial charge in [0.15, 0.2) is 23.4 Å². The van der Waals surface area contributed by atoms with Crippen LogP contribution < -0.4 is 9.47 Å². The molecule has 2 aliphatic heterocycles. The van der Waals surface area contributed by atoms with E-state index in [1.54, 1.807) is 0 Å². The number of carbonyl (C=O) groups excluding carboxylic acids is 1. The van der Waals surface area contributed by atoms with Crippen molar-refractivity contribution in [2.75, 3.05) is 20.6 Å². The van der Waals surface area contributed by atoms with Crippen molar-refractivity contribution >= 4 is 5.78 Å². The second-order valence-electron chi connectivity index (χ2n) is 6.67.